The number of ketones is 1. The fourth-order valence-corrected chi connectivity index (χ4v) is 5.83. The maximum Gasteiger partial charge on any atom is 0.192 e. The van der Waals surface area contributed by atoms with Crippen molar-refractivity contribution >= 4 is 22.3 Å². The molecule has 1 aromatic heterocycles. The topological polar surface area (TPSA) is 31.2 Å². The first-order valence-electron chi connectivity index (χ1n) is 9.55. The molecule has 0 saturated heterocycles. The van der Waals surface area contributed by atoms with E-state index < -0.39 is 0 Å². The zero-order valence-corrected chi connectivity index (χ0v) is 15.1. The van der Waals surface area contributed by atoms with Gasteiger partial charge >= 0.3 is 0 Å². The maximum absolute atomic E-state index is 13.4. The molecule has 1 heterocycles. The number of carbonyl (C=O) groups excluding carboxylic acids is 1. The van der Waals surface area contributed by atoms with Crippen molar-refractivity contribution in [2.24, 2.45) is 11.3 Å². The molecule has 3 heteroatoms. The Bertz CT molecular complexity index is 919. The molecule has 3 nitrogen and oxygen atoms in total. The van der Waals surface area contributed by atoms with Crippen molar-refractivity contribution < 1.29 is 9.53 Å². The summed E-state index contributed by atoms with van der Waals surface area (Å²) in [6, 6.07) is 8.30. The zero-order chi connectivity index (χ0) is 17.2. The van der Waals surface area contributed by atoms with Gasteiger partial charge < -0.3 is 9.30 Å². The molecular formula is C22H25NO2. The second kappa shape index (κ2) is 5.31. The lowest BCUT2D eigenvalue weighted by molar-refractivity contribution is 0.102. The Balaban J connectivity index is 1.83. The molecule has 0 spiro atoms. The summed E-state index contributed by atoms with van der Waals surface area (Å²) < 4.78 is 7.78. The van der Waals surface area contributed by atoms with Crippen LogP contribution in [0.15, 0.2) is 29.8 Å². The fraction of sp³-hybridized carbons (Fsp3) is 0.500. The van der Waals surface area contributed by atoms with Crippen molar-refractivity contribution in [2.75, 3.05) is 7.11 Å². The number of carbonyl (C=O) groups is 1. The summed E-state index contributed by atoms with van der Waals surface area (Å²) in [5.41, 5.74) is 5.82. The van der Waals surface area contributed by atoms with Crippen molar-refractivity contribution in [3.8, 4) is 0 Å². The van der Waals surface area contributed by atoms with Crippen LogP contribution in [0.3, 0.4) is 0 Å². The van der Waals surface area contributed by atoms with E-state index in [2.05, 4.69) is 29.7 Å². The van der Waals surface area contributed by atoms with Crippen LogP contribution in [-0.2, 0) is 11.5 Å². The molecule has 0 amide bonds. The Morgan fingerprint density at radius 3 is 2.92 bits per heavy atom. The lowest BCUT2D eigenvalue weighted by atomic mass is 9.58. The molecule has 1 aromatic carbocycles. The van der Waals surface area contributed by atoms with Gasteiger partial charge in [-0.2, -0.15) is 0 Å². The van der Waals surface area contributed by atoms with Gasteiger partial charge in [0.05, 0.1) is 16.8 Å². The van der Waals surface area contributed by atoms with Crippen molar-refractivity contribution in [3.63, 3.8) is 0 Å². The summed E-state index contributed by atoms with van der Waals surface area (Å²) >= 11 is 0. The predicted molar refractivity (Wildman–Crippen MR) is 99.5 cm³/mol. The molecular weight excluding hydrogens is 310 g/mol. The molecule has 0 radical (unpaired) electrons. The number of aromatic nitrogens is 1. The molecule has 3 aliphatic carbocycles. The minimum Gasteiger partial charge on any atom is -0.364 e. The Labute approximate surface area is 148 Å². The number of allylic oxidation sites excluding steroid dienone is 2. The van der Waals surface area contributed by atoms with Crippen LogP contribution >= 0.6 is 0 Å². The summed E-state index contributed by atoms with van der Waals surface area (Å²) in [4.78, 5) is 13.4. The molecule has 25 heavy (non-hydrogen) atoms. The van der Waals surface area contributed by atoms with Gasteiger partial charge in [0.15, 0.2) is 5.78 Å². The van der Waals surface area contributed by atoms with Gasteiger partial charge in [-0.25, -0.2) is 0 Å². The SMILES string of the molecule is COCn1c2c(c3ccccc31)C(=O)C1=C2[C@@]2(C)CCCC[C@@H]2CC1. The van der Waals surface area contributed by atoms with E-state index in [-0.39, 0.29) is 11.2 Å². The lowest BCUT2D eigenvalue weighted by Gasteiger charge is -2.46. The van der Waals surface area contributed by atoms with Crippen LogP contribution in [0.1, 0.15) is 61.5 Å². The van der Waals surface area contributed by atoms with E-state index >= 15 is 0 Å². The average Bonchev–Trinajstić information content (AvgIpc) is 3.10. The highest BCUT2D eigenvalue weighted by molar-refractivity contribution is 6.27. The Morgan fingerprint density at radius 2 is 2.08 bits per heavy atom. The third-order valence-electron chi connectivity index (χ3n) is 6.98. The molecule has 1 fully saturated rings. The quantitative estimate of drug-likeness (QED) is 0.756. The number of ether oxygens (including phenoxy) is 1. The number of rotatable bonds is 2. The minimum absolute atomic E-state index is 0.145. The van der Waals surface area contributed by atoms with E-state index in [0.717, 1.165) is 34.2 Å². The average molecular weight is 335 g/mol. The number of benzene rings is 1. The van der Waals surface area contributed by atoms with Crippen LogP contribution in [-0.4, -0.2) is 17.5 Å². The Hall–Kier alpha value is -1.87. The molecule has 0 unspecified atom stereocenters. The van der Waals surface area contributed by atoms with Crippen LogP contribution in [0.4, 0.5) is 0 Å². The summed E-state index contributed by atoms with van der Waals surface area (Å²) in [6.07, 6.45) is 7.25. The monoisotopic (exact) mass is 335 g/mol. The molecule has 1 saturated carbocycles. The highest BCUT2D eigenvalue weighted by Gasteiger charge is 2.50. The van der Waals surface area contributed by atoms with Crippen LogP contribution in [0.2, 0.25) is 0 Å². The first kappa shape index (κ1) is 15.4. The van der Waals surface area contributed by atoms with Gasteiger partial charge in [0, 0.05) is 18.1 Å². The maximum atomic E-state index is 13.4. The van der Waals surface area contributed by atoms with Crippen LogP contribution in [0.5, 0.6) is 0 Å². The van der Waals surface area contributed by atoms with E-state index in [1.165, 1.54) is 37.7 Å². The number of nitrogens with zero attached hydrogens (tertiary/aromatic N) is 1. The predicted octanol–water partition coefficient (Wildman–Crippen LogP) is 5.19. The van der Waals surface area contributed by atoms with E-state index in [0.29, 0.717) is 12.6 Å². The van der Waals surface area contributed by atoms with Crippen molar-refractivity contribution in [1.82, 2.24) is 4.57 Å². The molecule has 130 valence electrons. The molecule has 5 rings (SSSR count). The summed E-state index contributed by atoms with van der Waals surface area (Å²) in [5, 5.41) is 1.09. The van der Waals surface area contributed by atoms with Gasteiger partial charge in [-0.05, 0) is 48.7 Å². The van der Waals surface area contributed by atoms with Crippen molar-refractivity contribution in [1.29, 1.82) is 0 Å². The number of hydrogen-bond donors (Lipinski definition) is 0. The minimum atomic E-state index is 0.145. The highest BCUT2D eigenvalue weighted by Crippen LogP contribution is 2.60. The smallest absolute Gasteiger partial charge is 0.192 e. The van der Waals surface area contributed by atoms with E-state index in [1.54, 1.807) is 7.11 Å². The van der Waals surface area contributed by atoms with Gasteiger partial charge in [-0.1, -0.05) is 38.0 Å². The van der Waals surface area contributed by atoms with Gasteiger partial charge in [-0.3, -0.25) is 4.79 Å². The van der Waals surface area contributed by atoms with Gasteiger partial charge in [0.25, 0.3) is 0 Å². The Kier molecular flexibility index (Phi) is 3.27. The first-order valence-corrected chi connectivity index (χ1v) is 9.55. The second-order valence-electron chi connectivity index (χ2n) is 8.17. The number of methoxy groups -OCH3 is 1. The fourth-order valence-electron chi connectivity index (χ4n) is 5.83. The standard InChI is InChI=1S/C22H25NO2/c1-22-12-6-5-7-14(22)10-11-16-19(22)20-18(21(16)24)15-8-3-4-9-17(15)23(20)13-25-2/h3-4,8-9,14H,5-7,10-13H2,1-2H3/t14-,22+/m1/s1. The number of para-hydroxylation sites is 1. The van der Waals surface area contributed by atoms with Gasteiger partial charge in [-0.15, -0.1) is 0 Å². The molecule has 2 atom stereocenters. The highest BCUT2D eigenvalue weighted by atomic mass is 16.5. The largest absolute Gasteiger partial charge is 0.364 e. The first-order chi connectivity index (χ1) is 12.2. The molecule has 2 aromatic rings. The van der Waals surface area contributed by atoms with Crippen LogP contribution in [0, 0.1) is 11.3 Å². The Morgan fingerprint density at radius 1 is 1.24 bits per heavy atom. The third-order valence-corrected chi connectivity index (χ3v) is 6.98. The number of hydrogen-bond acceptors (Lipinski definition) is 2. The normalized spacial score (nSPS) is 28.2. The summed E-state index contributed by atoms with van der Waals surface area (Å²) in [7, 11) is 1.74. The second-order valence-corrected chi connectivity index (χ2v) is 8.17. The van der Waals surface area contributed by atoms with Gasteiger partial charge in [0.1, 0.15) is 6.73 Å². The molecule has 0 bridgehead atoms. The molecule has 3 aliphatic rings. The third kappa shape index (κ3) is 1.88. The molecule has 0 aliphatic heterocycles. The lowest BCUT2D eigenvalue weighted by Crippen LogP contribution is -2.35. The van der Waals surface area contributed by atoms with Crippen molar-refractivity contribution in [2.45, 2.75) is 52.2 Å². The number of Topliss-reactive ketones (excluding diaryl/α,β-unsaturated/α-hetero) is 1. The summed E-state index contributed by atoms with van der Waals surface area (Å²) in [5.74, 6) is 0.994. The van der Waals surface area contributed by atoms with E-state index in [1.807, 2.05) is 6.07 Å². The van der Waals surface area contributed by atoms with Crippen LogP contribution in [0.25, 0.3) is 16.5 Å². The zero-order valence-electron chi connectivity index (χ0n) is 15.1. The summed E-state index contributed by atoms with van der Waals surface area (Å²) in [6.45, 7) is 2.92. The van der Waals surface area contributed by atoms with E-state index in [9.17, 15) is 4.79 Å². The van der Waals surface area contributed by atoms with E-state index in [4.69, 9.17) is 4.74 Å². The number of fused-ring (bicyclic) bond motifs is 6. The van der Waals surface area contributed by atoms with Crippen LogP contribution < -0.4 is 0 Å². The van der Waals surface area contributed by atoms with Crippen molar-refractivity contribution in [3.05, 3.63) is 41.1 Å². The van der Waals surface area contributed by atoms with Gasteiger partial charge in [0.2, 0.25) is 0 Å². The molecule has 0 N–H and O–H groups in total.